The smallest absolute Gasteiger partial charge is 0.261 e. The SMILES string of the molecule is CCc1ccsc1C(=O)NCC(O)Cc1ccccc1. The molecule has 0 aliphatic heterocycles. The van der Waals surface area contributed by atoms with Gasteiger partial charge >= 0.3 is 0 Å². The first-order valence-electron chi connectivity index (χ1n) is 6.77. The Labute approximate surface area is 123 Å². The number of amides is 1. The van der Waals surface area contributed by atoms with E-state index in [0.29, 0.717) is 6.42 Å². The van der Waals surface area contributed by atoms with E-state index in [-0.39, 0.29) is 12.5 Å². The molecule has 2 aromatic rings. The lowest BCUT2D eigenvalue weighted by molar-refractivity contribution is 0.0919. The van der Waals surface area contributed by atoms with Gasteiger partial charge < -0.3 is 10.4 Å². The second kappa shape index (κ2) is 7.22. The van der Waals surface area contributed by atoms with Gasteiger partial charge in [0.25, 0.3) is 5.91 Å². The quantitative estimate of drug-likeness (QED) is 0.859. The zero-order valence-electron chi connectivity index (χ0n) is 11.5. The van der Waals surface area contributed by atoms with Crippen molar-refractivity contribution >= 4 is 17.2 Å². The Morgan fingerprint density at radius 3 is 2.75 bits per heavy atom. The summed E-state index contributed by atoms with van der Waals surface area (Å²) in [5, 5.41) is 14.7. The lowest BCUT2D eigenvalue weighted by Crippen LogP contribution is -2.33. The van der Waals surface area contributed by atoms with Gasteiger partial charge in [0, 0.05) is 13.0 Å². The zero-order valence-corrected chi connectivity index (χ0v) is 12.3. The Balaban J connectivity index is 1.84. The lowest BCUT2D eigenvalue weighted by Gasteiger charge is -2.12. The van der Waals surface area contributed by atoms with Crippen LogP contribution >= 0.6 is 11.3 Å². The fraction of sp³-hybridized carbons (Fsp3) is 0.312. The van der Waals surface area contributed by atoms with Crippen LogP contribution in [-0.4, -0.2) is 23.7 Å². The first kappa shape index (κ1) is 14.8. The zero-order chi connectivity index (χ0) is 14.4. The van der Waals surface area contributed by atoms with Crippen molar-refractivity contribution < 1.29 is 9.90 Å². The number of aryl methyl sites for hydroxylation is 1. The Morgan fingerprint density at radius 2 is 2.05 bits per heavy atom. The molecule has 1 aromatic carbocycles. The van der Waals surface area contributed by atoms with Gasteiger partial charge in [-0.1, -0.05) is 37.3 Å². The Bertz CT molecular complexity index is 551. The van der Waals surface area contributed by atoms with Gasteiger partial charge in [-0.15, -0.1) is 11.3 Å². The second-order valence-electron chi connectivity index (χ2n) is 4.68. The van der Waals surface area contributed by atoms with Crippen LogP contribution in [0.4, 0.5) is 0 Å². The number of nitrogens with one attached hydrogen (secondary N) is 1. The van der Waals surface area contributed by atoms with Gasteiger partial charge in [0.05, 0.1) is 11.0 Å². The second-order valence-corrected chi connectivity index (χ2v) is 5.60. The number of carbonyl (C=O) groups is 1. The monoisotopic (exact) mass is 289 g/mol. The molecule has 106 valence electrons. The van der Waals surface area contributed by atoms with Gasteiger partial charge in [-0.05, 0) is 29.0 Å². The first-order chi connectivity index (χ1) is 9.70. The van der Waals surface area contributed by atoms with Crippen LogP contribution in [0, 0.1) is 0 Å². The third kappa shape index (κ3) is 3.92. The highest BCUT2D eigenvalue weighted by molar-refractivity contribution is 7.12. The van der Waals surface area contributed by atoms with Crippen molar-refractivity contribution in [3.63, 3.8) is 0 Å². The molecule has 0 saturated carbocycles. The van der Waals surface area contributed by atoms with E-state index >= 15 is 0 Å². The fourth-order valence-corrected chi connectivity index (χ4v) is 2.97. The van der Waals surface area contributed by atoms with Crippen LogP contribution in [0.5, 0.6) is 0 Å². The van der Waals surface area contributed by atoms with Crippen LogP contribution in [0.1, 0.15) is 27.7 Å². The number of benzene rings is 1. The molecule has 1 aromatic heterocycles. The maximum atomic E-state index is 12.0. The van der Waals surface area contributed by atoms with Crippen molar-refractivity contribution in [1.29, 1.82) is 0 Å². The van der Waals surface area contributed by atoms with Crippen molar-refractivity contribution in [3.8, 4) is 0 Å². The molecule has 0 aliphatic rings. The minimum Gasteiger partial charge on any atom is -0.391 e. The van der Waals surface area contributed by atoms with Crippen molar-refractivity contribution in [1.82, 2.24) is 5.32 Å². The Hall–Kier alpha value is -1.65. The van der Waals surface area contributed by atoms with Crippen LogP contribution in [0.3, 0.4) is 0 Å². The maximum absolute atomic E-state index is 12.0. The van der Waals surface area contributed by atoms with Crippen LogP contribution in [-0.2, 0) is 12.8 Å². The molecule has 0 aliphatic carbocycles. The molecule has 1 atom stereocenters. The van der Waals surface area contributed by atoms with Crippen molar-refractivity contribution in [2.75, 3.05) is 6.54 Å². The minimum atomic E-state index is -0.564. The summed E-state index contributed by atoms with van der Waals surface area (Å²) in [4.78, 5) is 12.8. The van der Waals surface area contributed by atoms with E-state index in [2.05, 4.69) is 5.32 Å². The van der Waals surface area contributed by atoms with Gasteiger partial charge in [-0.2, -0.15) is 0 Å². The van der Waals surface area contributed by atoms with Crippen LogP contribution in [0.25, 0.3) is 0 Å². The highest BCUT2D eigenvalue weighted by Crippen LogP contribution is 2.17. The van der Waals surface area contributed by atoms with Gasteiger partial charge in [0.1, 0.15) is 0 Å². The third-order valence-corrected chi connectivity index (χ3v) is 4.10. The standard InChI is InChI=1S/C16H19NO2S/c1-2-13-8-9-20-15(13)16(19)17-11-14(18)10-12-6-4-3-5-7-12/h3-9,14,18H,2,10-11H2,1H3,(H,17,19). The molecule has 1 heterocycles. The summed E-state index contributed by atoms with van der Waals surface area (Å²) in [6.07, 6.45) is 0.830. The molecule has 0 radical (unpaired) electrons. The molecule has 0 bridgehead atoms. The van der Waals surface area contributed by atoms with E-state index in [1.54, 1.807) is 0 Å². The molecule has 4 heteroatoms. The predicted octanol–water partition coefficient (Wildman–Crippen LogP) is 2.64. The van der Waals surface area contributed by atoms with Crippen LogP contribution in [0.2, 0.25) is 0 Å². The van der Waals surface area contributed by atoms with E-state index < -0.39 is 6.10 Å². The summed E-state index contributed by atoms with van der Waals surface area (Å²) in [5.41, 5.74) is 2.13. The number of aliphatic hydroxyl groups excluding tert-OH is 1. The molecule has 2 N–H and O–H groups in total. The van der Waals surface area contributed by atoms with Crippen molar-refractivity contribution in [2.45, 2.75) is 25.9 Å². The summed E-state index contributed by atoms with van der Waals surface area (Å²) in [5.74, 6) is -0.0936. The van der Waals surface area contributed by atoms with E-state index in [4.69, 9.17) is 0 Å². The number of carbonyl (C=O) groups excluding carboxylic acids is 1. The van der Waals surface area contributed by atoms with Gasteiger partial charge in [-0.25, -0.2) is 0 Å². The molecule has 0 saturated heterocycles. The van der Waals surface area contributed by atoms with E-state index in [0.717, 1.165) is 22.4 Å². The number of hydrogen-bond acceptors (Lipinski definition) is 3. The summed E-state index contributed by atoms with van der Waals surface area (Å²) in [7, 11) is 0. The highest BCUT2D eigenvalue weighted by atomic mass is 32.1. The van der Waals surface area contributed by atoms with Crippen LogP contribution < -0.4 is 5.32 Å². The topological polar surface area (TPSA) is 49.3 Å². The number of hydrogen-bond donors (Lipinski definition) is 2. The molecule has 1 unspecified atom stereocenters. The third-order valence-electron chi connectivity index (χ3n) is 3.15. The average molecular weight is 289 g/mol. The Kier molecular flexibility index (Phi) is 5.32. The first-order valence-corrected chi connectivity index (χ1v) is 7.65. The average Bonchev–Trinajstić information content (AvgIpc) is 2.94. The molecular formula is C16H19NO2S. The number of rotatable bonds is 6. The molecule has 0 spiro atoms. The summed E-state index contributed by atoms with van der Waals surface area (Å²) in [6.45, 7) is 2.30. The molecule has 3 nitrogen and oxygen atoms in total. The van der Waals surface area contributed by atoms with E-state index in [9.17, 15) is 9.90 Å². The predicted molar refractivity (Wildman–Crippen MR) is 82.2 cm³/mol. The summed E-state index contributed by atoms with van der Waals surface area (Å²) in [6, 6.07) is 11.7. The van der Waals surface area contributed by atoms with Gasteiger partial charge in [-0.3, -0.25) is 4.79 Å². The Morgan fingerprint density at radius 1 is 1.30 bits per heavy atom. The summed E-state index contributed by atoms with van der Waals surface area (Å²) >= 11 is 1.44. The molecular weight excluding hydrogens is 270 g/mol. The van der Waals surface area contributed by atoms with E-state index in [1.807, 2.05) is 48.7 Å². The fourth-order valence-electron chi connectivity index (χ4n) is 2.06. The molecule has 0 fully saturated rings. The molecule has 2 rings (SSSR count). The largest absolute Gasteiger partial charge is 0.391 e. The summed E-state index contributed by atoms with van der Waals surface area (Å²) < 4.78 is 0. The van der Waals surface area contributed by atoms with Crippen molar-refractivity contribution in [2.24, 2.45) is 0 Å². The minimum absolute atomic E-state index is 0.0936. The van der Waals surface area contributed by atoms with Gasteiger partial charge in [0.15, 0.2) is 0 Å². The molecule has 20 heavy (non-hydrogen) atoms. The molecule has 1 amide bonds. The van der Waals surface area contributed by atoms with E-state index in [1.165, 1.54) is 11.3 Å². The normalized spacial score (nSPS) is 12.1. The maximum Gasteiger partial charge on any atom is 0.261 e. The van der Waals surface area contributed by atoms with Gasteiger partial charge in [0.2, 0.25) is 0 Å². The van der Waals surface area contributed by atoms with Crippen molar-refractivity contribution in [3.05, 3.63) is 57.8 Å². The highest BCUT2D eigenvalue weighted by Gasteiger charge is 2.13. The van der Waals surface area contributed by atoms with Crippen LogP contribution in [0.15, 0.2) is 41.8 Å². The lowest BCUT2D eigenvalue weighted by atomic mass is 10.1. The number of aliphatic hydroxyl groups is 1. The number of thiophene rings is 1.